The number of aliphatic hydroxyl groups is 1. The number of carbonyl (C=O) groups is 2. The molecule has 1 saturated heterocycles. The number of likely N-dealkylation sites (tertiary alicyclic amines) is 1. The number of nitrogens with zero attached hydrogens (tertiary/aromatic N) is 1. The standard InChI is InChI=1S/C18H25NO5/c1-13-4-3-5-14(2)19(13)17(21)12-24-16-8-6-15(7-9-16)18(22)23-11-10-20/h6-9,13-14,20H,3-5,10-12H2,1-2H3. The Kier molecular flexibility index (Phi) is 6.61. The van der Waals surface area contributed by atoms with Crippen molar-refractivity contribution in [3.05, 3.63) is 29.8 Å². The van der Waals surface area contributed by atoms with Gasteiger partial charge in [0.2, 0.25) is 0 Å². The Morgan fingerprint density at radius 2 is 1.79 bits per heavy atom. The van der Waals surface area contributed by atoms with Gasteiger partial charge in [0, 0.05) is 12.1 Å². The van der Waals surface area contributed by atoms with Gasteiger partial charge in [-0.15, -0.1) is 0 Å². The summed E-state index contributed by atoms with van der Waals surface area (Å²) in [7, 11) is 0. The third-order valence-electron chi connectivity index (χ3n) is 4.26. The van der Waals surface area contributed by atoms with Crippen molar-refractivity contribution in [1.29, 1.82) is 0 Å². The van der Waals surface area contributed by atoms with Crippen LogP contribution in [0.2, 0.25) is 0 Å². The van der Waals surface area contributed by atoms with Gasteiger partial charge in [-0.25, -0.2) is 4.79 Å². The summed E-state index contributed by atoms with van der Waals surface area (Å²) in [5.41, 5.74) is 0.375. The van der Waals surface area contributed by atoms with Crippen molar-refractivity contribution in [2.75, 3.05) is 19.8 Å². The Morgan fingerprint density at radius 3 is 2.38 bits per heavy atom. The molecule has 0 aromatic heterocycles. The number of ether oxygens (including phenoxy) is 2. The molecule has 1 amide bonds. The molecule has 2 unspecified atom stereocenters. The van der Waals surface area contributed by atoms with Crippen molar-refractivity contribution < 1.29 is 24.2 Å². The average Bonchev–Trinajstić information content (AvgIpc) is 2.58. The summed E-state index contributed by atoms with van der Waals surface area (Å²) in [5.74, 6) is 0.0168. The first-order valence-electron chi connectivity index (χ1n) is 8.35. The molecule has 2 rings (SSSR count). The maximum atomic E-state index is 12.4. The van der Waals surface area contributed by atoms with Gasteiger partial charge in [-0.05, 0) is 57.4 Å². The molecule has 2 atom stereocenters. The van der Waals surface area contributed by atoms with Gasteiger partial charge in [-0.2, -0.15) is 0 Å². The van der Waals surface area contributed by atoms with Crippen LogP contribution < -0.4 is 4.74 Å². The lowest BCUT2D eigenvalue weighted by molar-refractivity contribution is -0.139. The zero-order chi connectivity index (χ0) is 17.5. The molecule has 24 heavy (non-hydrogen) atoms. The van der Waals surface area contributed by atoms with Crippen LogP contribution in [0.5, 0.6) is 5.75 Å². The minimum atomic E-state index is -0.498. The maximum Gasteiger partial charge on any atom is 0.338 e. The highest BCUT2D eigenvalue weighted by Crippen LogP contribution is 2.23. The summed E-state index contributed by atoms with van der Waals surface area (Å²) in [5, 5.41) is 8.64. The largest absolute Gasteiger partial charge is 0.484 e. The van der Waals surface area contributed by atoms with Crippen molar-refractivity contribution in [2.24, 2.45) is 0 Å². The molecule has 0 radical (unpaired) electrons. The summed E-state index contributed by atoms with van der Waals surface area (Å²) >= 11 is 0. The molecule has 1 aliphatic heterocycles. The van der Waals surface area contributed by atoms with Gasteiger partial charge < -0.3 is 19.5 Å². The van der Waals surface area contributed by atoms with Crippen LogP contribution in [0.15, 0.2) is 24.3 Å². The van der Waals surface area contributed by atoms with Crippen LogP contribution >= 0.6 is 0 Å². The molecular formula is C18H25NO5. The predicted octanol–water partition coefficient (Wildman–Crippen LogP) is 2.00. The van der Waals surface area contributed by atoms with Gasteiger partial charge in [-0.1, -0.05) is 0 Å². The first-order chi connectivity index (χ1) is 11.5. The van der Waals surface area contributed by atoms with Crippen LogP contribution in [0.1, 0.15) is 43.5 Å². The Bertz CT molecular complexity index is 547. The third-order valence-corrected chi connectivity index (χ3v) is 4.26. The number of rotatable bonds is 6. The summed E-state index contributed by atoms with van der Waals surface area (Å²) in [4.78, 5) is 25.9. The van der Waals surface area contributed by atoms with Crippen molar-refractivity contribution in [1.82, 2.24) is 4.90 Å². The smallest absolute Gasteiger partial charge is 0.338 e. The highest BCUT2D eigenvalue weighted by atomic mass is 16.5. The van der Waals surface area contributed by atoms with E-state index in [2.05, 4.69) is 13.8 Å². The second-order valence-electron chi connectivity index (χ2n) is 6.10. The second kappa shape index (κ2) is 8.68. The number of benzene rings is 1. The molecule has 1 aromatic rings. The molecule has 0 spiro atoms. The first kappa shape index (κ1) is 18.3. The molecule has 1 aromatic carbocycles. The average molecular weight is 335 g/mol. The maximum absolute atomic E-state index is 12.4. The predicted molar refractivity (Wildman–Crippen MR) is 88.9 cm³/mol. The van der Waals surface area contributed by atoms with Crippen LogP contribution in [0.4, 0.5) is 0 Å². The molecule has 1 fully saturated rings. The molecular weight excluding hydrogens is 310 g/mol. The fraction of sp³-hybridized carbons (Fsp3) is 0.556. The van der Waals surface area contributed by atoms with Crippen molar-refractivity contribution in [3.63, 3.8) is 0 Å². The topological polar surface area (TPSA) is 76.1 Å². The van der Waals surface area contributed by atoms with Gasteiger partial charge in [0.05, 0.1) is 12.2 Å². The summed E-state index contributed by atoms with van der Waals surface area (Å²) in [6.45, 7) is 3.89. The second-order valence-corrected chi connectivity index (χ2v) is 6.10. The van der Waals surface area contributed by atoms with E-state index in [4.69, 9.17) is 14.6 Å². The SMILES string of the molecule is CC1CCCC(C)N1C(=O)COc1ccc(C(=O)OCCO)cc1. The van der Waals surface area contributed by atoms with Gasteiger partial charge in [0.1, 0.15) is 12.4 Å². The van der Waals surface area contributed by atoms with Crippen LogP contribution in [0.3, 0.4) is 0 Å². The minimum Gasteiger partial charge on any atom is -0.484 e. The van der Waals surface area contributed by atoms with Crippen LogP contribution in [-0.2, 0) is 9.53 Å². The van der Waals surface area contributed by atoms with Crippen molar-refractivity contribution in [3.8, 4) is 5.75 Å². The molecule has 6 heteroatoms. The highest BCUT2D eigenvalue weighted by Gasteiger charge is 2.28. The van der Waals surface area contributed by atoms with Crippen molar-refractivity contribution in [2.45, 2.75) is 45.2 Å². The number of piperidine rings is 1. The summed E-state index contributed by atoms with van der Waals surface area (Å²) < 4.78 is 10.4. The van der Waals surface area contributed by atoms with E-state index >= 15 is 0 Å². The van der Waals surface area contributed by atoms with E-state index in [-0.39, 0.29) is 37.8 Å². The molecule has 0 aliphatic carbocycles. The molecule has 1 heterocycles. The third kappa shape index (κ3) is 4.71. The van der Waals surface area contributed by atoms with E-state index in [0.717, 1.165) is 19.3 Å². The Balaban J connectivity index is 1.87. The van der Waals surface area contributed by atoms with E-state index in [1.165, 1.54) is 0 Å². The minimum absolute atomic E-state index is 0.0109. The van der Waals surface area contributed by atoms with E-state index in [1.54, 1.807) is 24.3 Å². The quantitative estimate of drug-likeness (QED) is 0.805. The molecule has 0 saturated carbocycles. The molecule has 1 aliphatic rings. The Hall–Kier alpha value is -2.08. The Morgan fingerprint density at radius 1 is 1.17 bits per heavy atom. The van der Waals surface area contributed by atoms with Crippen molar-refractivity contribution >= 4 is 11.9 Å². The van der Waals surface area contributed by atoms with Gasteiger partial charge in [0.15, 0.2) is 6.61 Å². The molecule has 1 N–H and O–H groups in total. The van der Waals surface area contributed by atoms with Gasteiger partial charge in [0.25, 0.3) is 5.91 Å². The zero-order valence-corrected chi connectivity index (χ0v) is 14.2. The van der Waals surface area contributed by atoms with Crippen LogP contribution in [-0.4, -0.2) is 53.8 Å². The number of esters is 1. The first-order valence-corrected chi connectivity index (χ1v) is 8.35. The highest BCUT2D eigenvalue weighted by molar-refractivity contribution is 5.89. The lowest BCUT2D eigenvalue weighted by atomic mass is 9.97. The van der Waals surface area contributed by atoms with E-state index < -0.39 is 5.97 Å². The number of amides is 1. The molecule has 6 nitrogen and oxygen atoms in total. The monoisotopic (exact) mass is 335 g/mol. The molecule has 0 bridgehead atoms. The number of hydrogen-bond donors (Lipinski definition) is 1. The number of aliphatic hydroxyl groups excluding tert-OH is 1. The van der Waals surface area contributed by atoms with Gasteiger partial charge >= 0.3 is 5.97 Å². The summed E-state index contributed by atoms with van der Waals surface area (Å²) in [6, 6.07) is 6.90. The lowest BCUT2D eigenvalue weighted by Crippen LogP contribution is -2.49. The lowest BCUT2D eigenvalue weighted by Gasteiger charge is -2.38. The number of hydrogen-bond acceptors (Lipinski definition) is 5. The van der Waals surface area contributed by atoms with Gasteiger partial charge in [-0.3, -0.25) is 4.79 Å². The summed E-state index contributed by atoms with van der Waals surface area (Å²) in [6.07, 6.45) is 3.21. The Labute approximate surface area is 142 Å². The zero-order valence-electron chi connectivity index (χ0n) is 14.2. The van der Waals surface area contributed by atoms with Crippen LogP contribution in [0.25, 0.3) is 0 Å². The van der Waals surface area contributed by atoms with E-state index in [1.807, 2.05) is 4.90 Å². The number of carbonyl (C=O) groups excluding carboxylic acids is 2. The van der Waals surface area contributed by atoms with E-state index in [9.17, 15) is 9.59 Å². The van der Waals surface area contributed by atoms with Crippen LogP contribution in [0, 0.1) is 0 Å². The fourth-order valence-corrected chi connectivity index (χ4v) is 3.04. The van der Waals surface area contributed by atoms with E-state index in [0.29, 0.717) is 11.3 Å². The fourth-order valence-electron chi connectivity index (χ4n) is 3.04. The molecule has 132 valence electrons. The normalized spacial score (nSPS) is 20.5.